The fourth-order valence-corrected chi connectivity index (χ4v) is 4.25. The molecule has 1 aliphatic carbocycles. The summed E-state index contributed by atoms with van der Waals surface area (Å²) in [5.41, 5.74) is 0.154. The lowest BCUT2D eigenvalue weighted by atomic mass is 9.79. The third-order valence-corrected chi connectivity index (χ3v) is 5.80. The van der Waals surface area contributed by atoms with Gasteiger partial charge in [0.25, 0.3) is 0 Å². The molecule has 3 fully saturated rings. The fourth-order valence-electron chi connectivity index (χ4n) is 4.25. The van der Waals surface area contributed by atoms with E-state index in [2.05, 4.69) is 4.90 Å². The van der Waals surface area contributed by atoms with Gasteiger partial charge in [0, 0.05) is 19.0 Å². The number of hydrogen-bond donors (Lipinski definition) is 1. The summed E-state index contributed by atoms with van der Waals surface area (Å²) in [6.45, 7) is 3.41. The number of hydrogen-bond acceptors (Lipinski definition) is 3. The molecule has 0 radical (unpaired) electrons. The highest BCUT2D eigenvalue weighted by Crippen LogP contribution is 2.39. The number of aliphatic hydroxyl groups is 1. The molecule has 2 saturated heterocycles. The average Bonchev–Trinajstić information content (AvgIpc) is 3.30. The van der Waals surface area contributed by atoms with Crippen molar-refractivity contribution in [3.8, 4) is 0 Å². The Balaban J connectivity index is 1.61. The van der Waals surface area contributed by atoms with E-state index in [1.54, 1.807) is 0 Å². The van der Waals surface area contributed by atoms with E-state index in [1.165, 1.54) is 12.8 Å². The van der Waals surface area contributed by atoms with Crippen LogP contribution in [0.5, 0.6) is 0 Å². The molecule has 1 N–H and O–H groups in total. The standard InChI is InChI=1S/C19H26N2O2/c22-18(15-8-9-15)21-13-10-19(23,16-6-2-1-3-7-16)17(14-21)20-11-4-5-12-20/h1-3,6-7,15,17,23H,4-5,8-14H2. The van der Waals surface area contributed by atoms with Crippen LogP contribution in [0.15, 0.2) is 30.3 Å². The zero-order valence-corrected chi connectivity index (χ0v) is 13.7. The third-order valence-electron chi connectivity index (χ3n) is 5.80. The van der Waals surface area contributed by atoms with Crippen molar-refractivity contribution in [1.82, 2.24) is 9.80 Å². The highest BCUT2D eigenvalue weighted by molar-refractivity contribution is 5.81. The highest BCUT2D eigenvalue weighted by Gasteiger charge is 2.48. The first-order chi connectivity index (χ1) is 11.2. The van der Waals surface area contributed by atoms with Crippen LogP contribution >= 0.6 is 0 Å². The molecule has 0 spiro atoms. The largest absolute Gasteiger partial charge is 0.383 e. The topological polar surface area (TPSA) is 43.8 Å². The molecule has 0 bridgehead atoms. The third kappa shape index (κ3) is 2.79. The summed E-state index contributed by atoms with van der Waals surface area (Å²) in [4.78, 5) is 16.9. The zero-order chi connectivity index (χ0) is 15.9. The van der Waals surface area contributed by atoms with Crippen molar-refractivity contribution in [2.75, 3.05) is 26.2 Å². The number of benzene rings is 1. The summed E-state index contributed by atoms with van der Waals surface area (Å²) >= 11 is 0. The summed E-state index contributed by atoms with van der Waals surface area (Å²) in [6, 6.07) is 10.1. The molecule has 1 aromatic rings. The Morgan fingerprint density at radius 1 is 1.09 bits per heavy atom. The lowest BCUT2D eigenvalue weighted by Crippen LogP contribution is -2.61. The Hall–Kier alpha value is -1.39. The maximum atomic E-state index is 12.5. The molecule has 0 aromatic heterocycles. The van der Waals surface area contributed by atoms with Gasteiger partial charge in [-0.05, 0) is 50.8 Å². The van der Waals surface area contributed by atoms with Gasteiger partial charge in [-0.25, -0.2) is 0 Å². The van der Waals surface area contributed by atoms with Gasteiger partial charge < -0.3 is 10.0 Å². The fraction of sp³-hybridized carbons (Fsp3) is 0.632. The number of amides is 1. The van der Waals surface area contributed by atoms with Gasteiger partial charge in [-0.15, -0.1) is 0 Å². The quantitative estimate of drug-likeness (QED) is 0.928. The zero-order valence-electron chi connectivity index (χ0n) is 13.7. The van der Waals surface area contributed by atoms with Crippen molar-refractivity contribution in [2.24, 2.45) is 5.92 Å². The van der Waals surface area contributed by atoms with Gasteiger partial charge in [-0.1, -0.05) is 30.3 Å². The second kappa shape index (κ2) is 5.91. The molecule has 2 heterocycles. The number of rotatable bonds is 3. The van der Waals surface area contributed by atoms with Gasteiger partial charge in [-0.3, -0.25) is 9.69 Å². The minimum Gasteiger partial charge on any atom is -0.383 e. The van der Waals surface area contributed by atoms with Crippen molar-refractivity contribution >= 4 is 5.91 Å². The van der Waals surface area contributed by atoms with Gasteiger partial charge in [0.15, 0.2) is 0 Å². The SMILES string of the molecule is O=C(C1CC1)N1CCC(O)(c2ccccc2)C(N2CCCC2)C1. The molecule has 3 aliphatic rings. The van der Waals surface area contributed by atoms with Gasteiger partial charge in [-0.2, -0.15) is 0 Å². The second-order valence-corrected chi connectivity index (χ2v) is 7.36. The number of nitrogens with zero attached hydrogens (tertiary/aromatic N) is 2. The van der Waals surface area contributed by atoms with Crippen molar-refractivity contribution in [2.45, 2.75) is 43.7 Å². The van der Waals surface area contributed by atoms with Crippen molar-refractivity contribution in [3.63, 3.8) is 0 Å². The van der Waals surface area contributed by atoms with Crippen LogP contribution in [0.1, 0.15) is 37.7 Å². The van der Waals surface area contributed by atoms with E-state index >= 15 is 0 Å². The number of piperidine rings is 1. The van der Waals surface area contributed by atoms with Crippen LogP contribution in [-0.2, 0) is 10.4 Å². The first-order valence-corrected chi connectivity index (χ1v) is 8.99. The summed E-state index contributed by atoms with van der Waals surface area (Å²) < 4.78 is 0. The molecule has 124 valence electrons. The monoisotopic (exact) mass is 314 g/mol. The van der Waals surface area contributed by atoms with Crippen LogP contribution in [0.3, 0.4) is 0 Å². The van der Waals surface area contributed by atoms with E-state index in [4.69, 9.17) is 0 Å². The van der Waals surface area contributed by atoms with Crippen LogP contribution in [0.4, 0.5) is 0 Å². The summed E-state index contributed by atoms with van der Waals surface area (Å²) in [7, 11) is 0. The predicted molar refractivity (Wildman–Crippen MR) is 88.9 cm³/mol. The van der Waals surface area contributed by atoms with Gasteiger partial charge in [0.2, 0.25) is 5.91 Å². The maximum absolute atomic E-state index is 12.5. The molecule has 1 aromatic carbocycles. The van der Waals surface area contributed by atoms with Gasteiger partial charge in [0.05, 0.1) is 6.04 Å². The lowest BCUT2D eigenvalue weighted by molar-refractivity contribution is -0.144. The summed E-state index contributed by atoms with van der Waals surface area (Å²) in [6.07, 6.45) is 5.12. The van der Waals surface area contributed by atoms with E-state index in [0.29, 0.717) is 25.4 Å². The lowest BCUT2D eigenvalue weighted by Gasteiger charge is -2.48. The Morgan fingerprint density at radius 3 is 2.43 bits per heavy atom. The molecule has 1 amide bonds. The van der Waals surface area contributed by atoms with E-state index < -0.39 is 5.60 Å². The summed E-state index contributed by atoms with van der Waals surface area (Å²) in [5.74, 6) is 0.571. The van der Waals surface area contributed by atoms with E-state index in [9.17, 15) is 9.90 Å². The van der Waals surface area contributed by atoms with Crippen molar-refractivity contribution in [3.05, 3.63) is 35.9 Å². The molecule has 4 nitrogen and oxygen atoms in total. The van der Waals surface area contributed by atoms with Crippen molar-refractivity contribution in [1.29, 1.82) is 0 Å². The van der Waals surface area contributed by atoms with E-state index in [0.717, 1.165) is 31.5 Å². The Labute approximate surface area is 138 Å². The smallest absolute Gasteiger partial charge is 0.225 e. The molecule has 2 aliphatic heterocycles. The molecule has 23 heavy (non-hydrogen) atoms. The first kappa shape index (κ1) is 15.2. The molecular weight excluding hydrogens is 288 g/mol. The van der Waals surface area contributed by atoms with Crippen LogP contribution in [0.2, 0.25) is 0 Å². The van der Waals surface area contributed by atoms with Crippen LogP contribution < -0.4 is 0 Å². The van der Waals surface area contributed by atoms with E-state index in [1.807, 2.05) is 35.2 Å². The molecule has 1 saturated carbocycles. The van der Waals surface area contributed by atoms with Gasteiger partial charge >= 0.3 is 0 Å². The second-order valence-electron chi connectivity index (χ2n) is 7.36. The maximum Gasteiger partial charge on any atom is 0.225 e. The van der Waals surface area contributed by atoms with Crippen LogP contribution in [0.25, 0.3) is 0 Å². The Kier molecular flexibility index (Phi) is 3.90. The Bertz CT molecular complexity index is 566. The first-order valence-electron chi connectivity index (χ1n) is 8.99. The normalized spacial score (nSPS) is 32.2. The molecule has 4 rings (SSSR count). The molecule has 4 heteroatoms. The summed E-state index contributed by atoms with van der Waals surface area (Å²) in [5, 5.41) is 11.5. The van der Waals surface area contributed by atoms with Crippen LogP contribution in [-0.4, -0.2) is 53.0 Å². The van der Waals surface area contributed by atoms with Crippen molar-refractivity contribution < 1.29 is 9.90 Å². The number of carbonyl (C=O) groups is 1. The minimum atomic E-state index is -0.841. The minimum absolute atomic E-state index is 0.0175. The molecular formula is C19H26N2O2. The number of likely N-dealkylation sites (tertiary alicyclic amines) is 2. The predicted octanol–water partition coefficient (Wildman–Crippen LogP) is 1.98. The van der Waals surface area contributed by atoms with Gasteiger partial charge in [0.1, 0.15) is 5.60 Å². The average molecular weight is 314 g/mol. The number of carbonyl (C=O) groups excluding carboxylic acids is 1. The Morgan fingerprint density at radius 2 is 1.78 bits per heavy atom. The molecule has 2 atom stereocenters. The van der Waals surface area contributed by atoms with Crippen LogP contribution in [0, 0.1) is 5.92 Å². The highest BCUT2D eigenvalue weighted by atomic mass is 16.3. The van der Waals surface area contributed by atoms with E-state index in [-0.39, 0.29) is 12.0 Å². The molecule has 2 unspecified atom stereocenters.